The predicted octanol–water partition coefficient (Wildman–Crippen LogP) is 2.69. The average Bonchev–Trinajstić information content (AvgIpc) is 2.77. The molecular formula is C13H16BrN5OS. The highest BCUT2D eigenvalue weighted by Gasteiger charge is 2.19. The topological polar surface area (TPSA) is 92.9 Å². The zero-order chi connectivity index (χ0) is 15.6. The van der Waals surface area contributed by atoms with E-state index in [9.17, 15) is 4.79 Å². The van der Waals surface area contributed by atoms with E-state index in [2.05, 4.69) is 36.6 Å². The molecule has 2 rings (SSSR count). The van der Waals surface area contributed by atoms with Crippen LogP contribution in [-0.4, -0.2) is 15.9 Å². The van der Waals surface area contributed by atoms with Crippen molar-refractivity contribution < 1.29 is 4.79 Å². The molecule has 0 bridgehead atoms. The van der Waals surface area contributed by atoms with E-state index < -0.39 is 0 Å². The van der Waals surface area contributed by atoms with Gasteiger partial charge in [-0.1, -0.05) is 0 Å². The molecule has 0 fully saturated rings. The van der Waals surface area contributed by atoms with E-state index in [1.165, 1.54) is 0 Å². The Labute approximate surface area is 135 Å². The SMILES string of the molecule is Cc1nc(C)c(C(C)NC(=O)c2cc(Br)cnc2NN)s1. The van der Waals surface area contributed by atoms with Crippen LogP contribution >= 0.6 is 27.3 Å². The summed E-state index contributed by atoms with van der Waals surface area (Å²) < 4.78 is 0.712. The van der Waals surface area contributed by atoms with Crippen molar-refractivity contribution in [3.63, 3.8) is 0 Å². The number of nitrogens with one attached hydrogen (secondary N) is 2. The van der Waals surface area contributed by atoms with E-state index in [0.29, 0.717) is 15.9 Å². The van der Waals surface area contributed by atoms with E-state index in [1.54, 1.807) is 23.6 Å². The molecule has 0 spiro atoms. The monoisotopic (exact) mass is 369 g/mol. The van der Waals surface area contributed by atoms with Crippen molar-refractivity contribution in [3.8, 4) is 0 Å². The van der Waals surface area contributed by atoms with Crippen LogP contribution in [0.5, 0.6) is 0 Å². The average molecular weight is 370 g/mol. The fourth-order valence-corrected chi connectivity index (χ4v) is 3.28. The number of thiazole rings is 1. The fourth-order valence-electron chi connectivity index (χ4n) is 2.02. The number of amides is 1. The van der Waals surface area contributed by atoms with Gasteiger partial charge < -0.3 is 10.7 Å². The number of halogens is 1. The van der Waals surface area contributed by atoms with E-state index in [0.717, 1.165) is 15.6 Å². The molecule has 0 saturated carbocycles. The Hall–Kier alpha value is -1.51. The molecule has 8 heteroatoms. The summed E-state index contributed by atoms with van der Waals surface area (Å²) in [5, 5.41) is 3.93. The Morgan fingerprint density at radius 3 is 2.76 bits per heavy atom. The largest absolute Gasteiger partial charge is 0.345 e. The van der Waals surface area contributed by atoms with Crippen LogP contribution in [0.25, 0.3) is 0 Å². The number of rotatable bonds is 4. The first-order valence-corrected chi connectivity index (χ1v) is 7.90. The Bertz CT molecular complexity index is 673. The van der Waals surface area contributed by atoms with Crippen LogP contribution in [-0.2, 0) is 0 Å². The molecule has 112 valence electrons. The third-order valence-electron chi connectivity index (χ3n) is 2.92. The first kappa shape index (κ1) is 15.9. The summed E-state index contributed by atoms with van der Waals surface area (Å²) in [6.45, 7) is 5.82. The number of hydrazine groups is 1. The van der Waals surface area contributed by atoms with Gasteiger partial charge in [0.1, 0.15) is 0 Å². The second-order valence-electron chi connectivity index (χ2n) is 4.57. The van der Waals surface area contributed by atoms with Crippen molar-refractivity contribution in [2.75, 3.05) is 5.43 Å². The number of hydrogen-bond acceptors (Lipinski definition) is 6. The molecule has 2 aromatic heterocycles. The Kier molecular flexibility index (Phi) is 4.92. The smallest absolute Gasteiger partial charge is 0.255 e. The van der Waals surface area contributed by atoms with E-state index >= 15 is 0 Å². The molecule has 1 unspecified atom stereocenters. The fraction of sp³-hybridized carbons (Fsp3) is 0.308. The quantitative estimate of drug-likeness (QED) is 0.568. The van der Waals surface area contributed by atoms with Gasteiger partial charge in [0, 0.05) is 15.5 Å². The van der Waals surface area contributed by atoms with Gasteiger partial charge in [-0.25, -0.2) is 15.8 Å². The highest BCUT2D eigenvalue weighted by Crippen LogP contribution is 2.25. The van der Waals surface area contributed by atoms with Crippen molar-refractivity contribution in [3.05, 3.63) is 37.9 Å². The molecule has 0 saturated heterocycles. The molecule has 2 heterocycles. The van der Waals surface area contributed by atoms with Crippen molar-refractivity contribution in [1.82, 2.24) is 15.3 Å². The zero-order valence-corrected chi connectivity index (χ0v) is 14.3. The maximum Gasteiger partial charge on any atom is 0.255 e. The lowest BCUT2D eigenvalue weighted by Gasteiger charge is -2.14. The van der Waals surface area contributed by atoms with Crippen LogP contribution in [0, 0.1) is 13.8 Å². The van der Waals surface area contributed by atoms with Crippen molar-refractivity contribution in [2.24, 2.45) is 5.84 Å². The summed E-state index contributed by atoms with van der Waals surface area (Å²) in [5.74, 6) is 5.48. The lowest BCUT2D eigenvalue weighted by atomic mass is 10.2. The van der Waals surface area contributed by atoms with Crippen molar-refractivity contribution >= 4 is 39.0 Å². The maximum atomic E-state index is 12.4. The molecule has 0 aromatic carbocycles. The minimum atomic E-state index is -0.241. The lowest BCUT2D eigenvalue weighted by Crippen LogP contribution is -2.28. The van der Waals surface area contributed by atoms with Gasteiger partial charge in [-0.3, -0.25) is 4.79 Å². The van der Waals surface area contributed by atoms with Crippen molar-refractivity contribution in [1.29, 1.82) is 0 Å². The molecular weight excluding hydrogens is 354 g/mol. The molecule has 4 N–H and O–H groups in total. The number of aromatic nitrogens is 2. The number of nitrogen functional groups attached to an aromatic ring is 1. The Balaban J connectivity index is 2.22. The highest BCUT2D eigenvalue weighted by molar-refractivity contribution is 9.10. The van der Waals surface area contributed by atoms with Crippen LogP contribution in [0.3, 0.4) is 0 Å². The third-order valence-corrected chi connectivity index (χ3v) is 4.61. The van der Waals surface area contributed by atoms with Gasteiger partial charge in [0.2, 0.25) is 0 Å². The van der Waals surface area contributed by atoms with E-state index in [-0.39, 0.29) is 11.9 Å². The molecule has 2 aromatic rings. The number of anilines is 1. The summed E-state index contributed by atoms with van der Waals surface area (Å²) in [5.41, 5.74) is 3.76. The summed E-state index contributed by atoms with van der Waals surface area (Å²) in [4.78, 5) is 21.9. The summed E-state index contributed by atoms with van der Waals surface area (Å²) >= 11 is 4.88. The second kappa shape index (κ2) is 6.50. The predicted molar refractivity (Wildman–Crippen MR) is 87.2 cm³/mol. The maximum absolute atomic E-state index is 12.4. The van der Waals surface area contributed by atoms with Gasteiger partial charge in [-0.2, -0.15) is 0 Å². The first-order chi connectivity index (χ1) is 9.92. The van der Waals surface area contributed by atoms with Gasteiger partial charge in [-0.15, -0.1) is 11.3 Å². The first-order valence-electron chi connectivity index (χ1n) is 6.29. The summed E-state index contributed by atoms with van der Waals surface area (Å²) in [6, 6.07) is 1.54. The Morgan fingerprint density at radius 1 is 1.48 bits per heavy atom. The number of nitrogens with zero attached hydrogens (tertiary/aromatic N) is 2. The standard InChI is InChI=1S/C13H16BrN5OS/c1-6-11(21-8(3)17-6)7(2)18-13(20)10-4-9(14)5-16-12(10)19-15/h4-5,7H,15H2,1-3H3,(H,16,19)(H,18,20). The molecule has 1 atom stereocenters. The number of hydrogen-bond donors (Lipinski definition) is 3. The molecule has 0 aliphatic carbocycles. The molecule has 0 aliphatic rings. The molecule has 0 radical (unpaired) electrons. The minimum absolute atomic E-state index is 0.131. The van der Waals surface area contributed by atoms with Gasteiger partial charge >= 0.3 is 0 Å². The van der Waals surface area contributed by atoms with E-state index in [4.69, 9.17) is 5.84 Å². The van der Waals surface area contributed by atoms with Crippen LogP contribution in [0.4, 0.5) is 5.82 Å². The van der Waals surface area contributed by atoms with Crippen LogP contribution in [0.15, 0.2) is 16.7 Å². The van der Waals surface area contributed by atoms with Crippen molar-refractivity contribution in [2.45, 2.75) is 26.8 Å². The van der Waals surface area contributed by atoms with Crippen LogP contribution in [0.2, 0.25) is 0 Å². The van der Waals surface area contributed by atoms with Gasteiger partial charge in [0.25, 0.3) is 5.91 Å². The zero-order valence-electron chi connectivity index (χ0n) is 11.9. The van der Waals surface area contributed by atoms with Gasteiger partial charge in [-0.05, 0) is 42.8 Å². The van der Waals surface area contributed by atoms with Crippen LogP contribution < -0.4 is 16.6 Å². The Morgan fingerprint density at radius 2 is 2.19 bits per heavy atom. The number of aryl methyl sites for hydroxylation is 2. The summed E-state index contributed by atoms with van der Waals surface area (Å²) in [6.07, 6.45) is 1.58. The normalized spacial score (nSPS) is 12.0. The highest BCUT2D eigenvalue weighted by atomic mass is 79.9. The number of nitrogens with two attached hydrogens (primary N) is 1. The third kappa shape index (κ3) is 3.58. The van der Waals surface area contributed by atoms with E-state index in [1.807, 2.05) is 20.8 Å². The summed E-state index contributed by atoms with van der Waals surface area (Å²) in [7, 11) is 0. The minimum Gasteiger partial charge on any atom is -0.345 e. The molecule has 21 heavy (non-hydrogen) atoms. The van der Waals surface area contributed by atoms with Gasteiger partial charge in [0.05, 0.1) is 22.3 Å². The number of carbonyl (C=O) groups is 1. The number of carbonyl (C=O) groups excluding carboxylic acids is 1. The molecule has 6 nitrogen and oxygen atoms in total. The van der Waals surface area contributed by atoms with Gasteiger partial charge in [0.15, 0.2) is 5.82 Å². The lowest BCUT2D eigenvalue weighted by molar-refractivity contribution is 0.0941. The molecule has 0 aliphatic heterocycles. The van der Waals surface area contributed by atoms with Crippen LogP contribution in [0.1, 0.15) is 38.9 Å². The number of pyridine rings is 1. The second-order valence-corrected chi connectivity index (χ2v) is 6.72. The molecule has 1 amide bonds.